The number of benzene rings is 2. The van der Waals surface area contributed by atoms with E-state index < -0.39 is 24.2 Å². The van der Waals surface area contributed by atoms with Crippen molar-refractivity contribution >= 4 is 29.0 Å². The quantitative estimate of drug-likeness (QED) is 0.511. The Morgan fingerprint density at radius 1 is 1.19 bits per heavy atom. The Kier molecular flexibility index (Phi) is 5.43. The molecule has 2 aromatic carbocycles. The zero-order valence-electron chi connectivity index (χ0n) is 16.8. The number of carbonyl (C=O) groups excluding carboxylic acids is 1. The van der Waals surface area contributed by atoms with E-state index in [0.717, 1.165) is 22.0 Å². The Hall–Kier alpha value is -3.00. The highest BCUT2D eigenvalue weighted by Crippen LogP contribution is 2.44. The number of aryl methyl sites for hydroxylation is 2. The van der Waals surface area contributed by atoms with Crippen LogP contribution in [0.25, 0.3) is 0 Å². The molecule has 1 aliphatic heterocycles. The lowest BCUT2D eigenvalue weighted by atomic mass is 9.96. The second-order valence-corrected chi connectivity index (χ2v) is 8.10. The lowest BCUT2D eigenvalue weighted by Gasteiger charge is -2.34. The summed E-state index contributed by atoms with van der Waals surface area (Å²) in [6.07, 6.45) is -3.58. The molecule has 1 aliphatic rings. The van der Waals surface area contributed by atoms with E-state index in [1.165, 1.54) is 0 Å². The molecule has 2 heterocycles. The number of nitrogens with zero attached hydrogens (tertiary/aromatic N) is 2. The van der Waals surface area contributed by atoms with Gasteiger partial charge >= 0.3 is 6.18 Å². The van der Waals surface area contributed by atoms with E-state index in [1.807, 2.05) is 19.1 Å². The third kappa shape index (κ3) is 4.25. The summed E-state index contributed by atoms with van der Waals surface area (Å²) < 4.78 is 42.3. The van der Waals surface area contributed by atoms with Crippen LogP contribution in [0.15, 0.2) is 48.7 Å². The Morgan fingerprint density at radius 2 is 1.90 bits per heavy atom. The maximum Gasteiger partial charge on any atom is 0.410 e. The molecule has 162 valence electrons. The number of fused-ring (bicyclic) bond motifs is 1. The molecule has 5 nitrogen and oxygen atoms in total. The fourth-order valence-electron chi connectivity index (χ4n) is 3.66. The molecule has 0 fully saturated rings. The van der Waals surface area contributed by atoms with Gasteiger partial charge in [-0.05, 0) is 37.1 Å². The van der Waals surface area contributed by atoms with Gasteiger partial charge in [0.1, 0.15) is 11.4 Å². The van der Waals surface area contributed by atoms with E-state index >= 15 is 0 Å². The molecule has 2 atom stereocenters. The van der Waals surface area contributed by atoms with E-state index in [4.69, 9.17) is 11.6 Å². The number of carbonyl (C=O) groups is 1. The maximum absolute atomic E-state index is 13.8. The molecule has 0 saturated heterocycles. The summed E-state index contributed by atoms with van der Waals surface area (Å²) >= 11 is 6.00. The first-order valence-electron chi connectivity index (χ1n) is 9.68. The highest BCUT2D eigenvalue weighted by Gasteiger charge is 2.47. The Labute approximate surface area is 182 Å². The number of hydrogen-bond acceptors (Lipinski definition) is 3. The predicted molar refractivity (Wildman–Crippen MR) is 114 cm³/mol. The fourth-order valence-corrected chi connectivity index (χ4v) is 3.84. The molecule has 0 saturated carbocycles. The van der Waals surface area contributed by atoms with Crippen molar-refractivity contribution in [3.05, 3.63) is 75.9 Å². The average molecular weight is 449 g/mol. The summed E-state index contributed by atoms with van der Waals surface area (Å²) in [5.41, 5.74) is 3.01. The summed E-state index contributed by atoms with van der Waals surface area (Å²) in [7, 11) is 0. The average Bonchev–Trinajstić information content (AvgIpc) is 3.14. The molecule has 31 heavy (non-hydrogen) atoms. The molecule has 3 aromatic rings. The molecule has 4 rings (SSSR count). The number of rotatable bonds is 3. The summed E-state index contributed by atoms with van der Waals surface area (Å²) in [4.78, 5) is 12.9. The zero-order chi connectivity index (χ0) is 22.3. The van der Waals surface area contributed by atoms with Crippen molar-refractivity contribution in [2.45, 2.75) is 38.5 Å². The van der Waals surface area contributed by atoms with Gasteiger partial charge in [0, 0.05) is 17.1 Å². The lowest BCUT2D eigenvalue weighted by Crippen LogP contribution is -2.36. The van der Waals surface area contributed by atoms with Gasteiger partial charge in [0.15, 0.2) is 6.04 Å². The number of halogens is 4. The van der Waals surface area contributed by atoms with Crippen LogP contribution in [0.3, 0.4) is 0 Å². The van der Waals surface area contributed by atoms with Crippen LogP contribution < -0.4 is 10.6 Å². The highest BCUT2D eigenvalue weighted by molar-refractivity contribution is 6.31. The number of hydrogen-bond donors (Lipinski definition) is 2. The van der Waals surface area contributed by atoms with Gasteiger partial charge in [-0.2, -0.15) is 18.3 Å². The molecule has 0 aliphatic carbocycles. The second kappa shape index (κ2) is 7.92. The van der Waals surface area contributed by atoms with Crippen LogP contribution in [0, 0.1) is 13.8 Å². The summed E-state index contributed by atoms with van der Waals surface area (Å²) in [6, 6.07) is 9.85. The van der Waals surface area contributed by atoms with Crippen LogP contribution in [-0.2, 0) is 0 Å². The molecule has 0 radical (unpaired) electrons. The molecule has 2 N–H and O–H groups in total. The molecule has 0 spiro atoms. The SMILES string of the molecule is Cc1ccc([C@@H]2C[C@@H](C(F)(F)F)n3ncc(C(=O)Nc4cc(Cl)ccc4C)c3N2)cc1. The Morgan fingerprint density at radius 3 is 2.58 bits per heavy atom. The standard InChI is InChI=1S/C22H20ClF3N4O/c1-12-3-6-14(7-4-12)18-10-19(22(24,25)26)30-20(28-18)16(11-27-30)21(31)29-17-9-15(23)8-5-13(17)2/h3-9,11,18-19,28H,10H2,1-2H3,(H,29,31)/t18-,19-/m0/s1. The Bertz CT molecular complexity index is 1120. The summed E-state index contributed by atoms with van der Waals surface area (Å²) in [5.74, 6) is -0.527. The number of aromatic nitrogens is 2. The molecular weight excluding hydrogens is 429 g/mol. The highest BCUT2D eigenvalue weighted by atomic mass is 35.5. The third-order valence-corrected chi connectivity index (χ3v) is 5.65. The number of amides is 1. The van der Waals surface area contributed by atoms with E-state index in [2.05, 4.69) is 15.7 Å². The van der Waals surface area contributed by atoms with Crippen LogP contribution >= 0.6 is 11.6 Å². The minimum absolute atomic E-state index is 0.0328. The lowest BCUT2D eigenvalue weighted by molar-refractivity contribution is -0.173. The van der Waals surface area contributed by atoms with Crippen LogP contribution in [0.1, 0.15) is 45.6 Å². The van der Waals surface area contributed by atoms with Gasteiger partial charge in [-0.1, -0.05) is 47.5 Å². The predicted octanol–water partition coefficient (Wildman–Crippen LogP) is 6.07. The minimum atomic E-state index is -4.51. The van der Waals surface area contributed by atoms with Gasteiger partial charge in [-0.25, -0.2) is 4.68 Å². The van der Waals surface area contributed by atoms with Gasteiger partial charge in [0.25, 0.3) is 5.91 Å². The van der Waals surface area contributed by atoms with E-state index in [0.29, 0.717) is 16.3 Å². The van der Waals surface area contributed by atoms with Crippen molar-refractivity contribution < 1.29 is 18.0 Å². The normalized spacial score (nSPS) is 18.3. The fraction of sp³-hybridized carbons (Fsp3) is 0.273. The molecule has 0 unspecified atom stereocenters. The van der Waals surface area contributed by atoms with Crippen LogP contribution in [-0.4, -0.2) is 21.9 Å². The van der Waals surface area contributed by atoms with Gasteiger partial charge in [-0.3, -0.25) is 4.79 Å². The molecule has 9 heteroatoms. The monoisotopic (exact) mass is 448 g/mol. The topological polar surface area (TPSA) is 59.0 Å². The maximum atomic E-state index is 13.8. The van der Waals surface area contributed by atoms with Crippen molar-refractivity contribution in [1.82, 2.24) is 9.78 Å². The third-order valence-electron chi connectivity index (χ3n) is 5.41. The minimum Gasteiger partial charge on any atom is -0.363 e. The van der Waals surface area contributed by atoms with E-state index in [-0.39, 0.29) is 17.8 Å². The van der Waals surface area contributed by atoms with Crippen molar-refractivity contribution in [3.8, 4) is 0 Å². The van der Waals surface area contributed by atoms with Gasteiger partial charge in [0.05, 0.1) is 12.2 Å². The van der Waals surface area contributed by atoms with Crippen molar-refractivity contribution in [1.29, 1.82) is 0 Å². The van der Waals surface area contributed by atoms with Crippen molar-refractivity contribution in [2.75, 3.05) is 10.6 Å². The number of nitrogens with one attached hydrogen (secondary N) is 2. The number of anilines is 2. The zero-order valence-corrected chi connectivity index (χ0v) is 17.6. The van der Waals surface area contributed by atoms with Crippen molar-refractivity contribution in [3.63, 3.8) is 0 Å². The molecule has 1 amide bonds. The van der Waals surface area contributed by atoms with E-state index in [9.17, 15) is 18.0 Å². The number of alkyl halides is 3. The van der Waals surface area contributed by atoms with Crippen LogP contribution in [0.4, 0.5) is 24.7 Å². The van der Waals surface area contributed by atoms with Gasteiger partial charge < -0.3 is 10.6 Å². The molecular formula is C22H20ClF3N4O. The first-order valence-corrected chi connectivity index (χ1v) is 10.1. The Balaban J connectivity index is 1.70. The molecule has 0 bridgehead atoms. The van der Waals surface area contributed by atoms with Crippen LogP contribution in [0.5, 0.6) is 0 Å². The summed E-state index contributed by atoms with van der Waals surface area (Å²) in [5, 5.41) is 10.1. The van der Waals surface area contributed by atoms with Gasteiger partial charge in [-0.15, -0.1) is 0 Å². The first-order chi connectivity index (χ1) is 14.6. The second-order valence-electron chi connectivity index (χ2n) is 7.67. The smallest absolute Gasteiger partial charge is 0.363 e. The van der Waals surface area contributed by atoms with Crippen LogP contribution in [0.2, 0.25) is 5.02 Å². The largest absolute Gasteiger partial charge is 0.410 e. The molecule has 1 aromatic heterocycles. The van der Waals surface area contributed by atoms with E-state index in [1.54, 1.807) is 37.3 Å². The van der Waals surface area contributed by atoms with Crippen molar-refractivity contribution in [2.24, 2.45) is 0 Å². The summed E-state index contributed by atoms with van der Waals surface area (Å²) in [6.45, 7) is 3.71. The first kappa shape index (κ1) is 21.2. The van der Waals surface area contributed by atoms with Gasteiger partial charge in [0.2, 0.25) is 0 Å².